The number of fused-ring (bicyclic) bond motifs is 2. The van der Waals surface area contributed by atoms with E-state index in [-0.39, 0.29) is 18.8 Å². The molecule has 40 heavy (non-hydrogen) atoms. The molecule has 5 rings (SSSR count). The Kier molecular flexibility index (Phi) is 7.44. The molecule has 0 amide bonds. The number of nitrogens with one attached hydrogen (secondary N) is 2. The lowest BCUT2D eigenvalue weighted by Gasteiger charge is -2.37. The van der Waals surface area contributed by atoms with Gasteiger partial charge in [0.1, 0.15) is 5.66 Å². The van der Waals surface area contributed by atoms with Crippen molar-refractivity contribution in [2.24, 2.45) is 5.73 Å². The topological polar surface area (TPSA) is 121 Å². The highest BCUT2D eigenvalue weighted by atomic mass is 32.2. The summed E-state index contributed by atoms with van der Waals surface area (Å²) in [6.07, 6.45) is 4.41. The highest BCUT2D eigenvalue weighted by Crippen LogP contribution is 2.33. The minimum absolute atomic E-state index is 0.0942. The standard InChI is InChI=1S/C31H34N4O4S/c1-4-22(27-20-34-29-12-8-6-10-26(27)29)17-30(36)39-40(37,38)35(24-15-13-21(2)14-16-24)31(3,32)18-23-19-33-28-11-7-5-9-25(23)28/h5-16,19-20,22,33-34H,4,17-18,32H2,1-3H3/t22?,31-/m0/s1. The lowest BCUT2D eigenvalue weighted by atomic mass is 9.93. The highest BCUT2D eigenvalue weighted by molar-refractivity contribution is 7.88. The largest absolute Gasteiger partial charge is 0.414 e. The average molecular weight is 559 g/mol. The predicted molar refractivity (Wildman–Crippen MR) is 159 cm³/mol. The SMILES string of the molecule is CCC(CC(=O)OS(=O)(=O)N(c1ccc(C)cc1)[C@](C)(N)Cc1c[nH]c2ccccc12)c1c[nH]c2ccccc12. The van der Waals surface area contributed by atoms with Crippen LogP contribution in [0, 0.1) is 6.92 Å². The molecule has 208 valence electrons. The smallest absolute Gasteiger partial charge is 0.361 e. The molecule has 1 unspecified atom stereocenters. The van der Waals surface area contributed by atoms with Gasteiger partial charge in [0.05, 0.1) is 12.1 Å². The van der Waals surface area contributed by atoms with Gasteiger partial charge < -0.3 is 19.9 Å². The Bertz CT molecular complexity index is 1750. The molecule has 2 aromatic heterocycles. The van der Waals surface area contributed by atoms with E-state index in [0.717, 1.165) is 42.8 Å². The van der Waals surface area contributed by atoms with Crippen LogP contribution in [0.15, 0.2) is 85.2 Å². The van der Waals surface area contributed by atoms with Gasteiger partial charge in [0.15, 0.2) is 0 Å². The van der Waals surface area contributed by atoms with E-state index in [9.17, 15) is 13.2 Å². The van der Waals surface area contributed by atoms with Crippen molar-refractivity contribution in [3.05, 3.63) is 102 Å². The summed E-state index contributed by atoms with van der Waals surface area (Å²) in [6.45, 7) is 5.50. The molecule has 0 spiro atoms. The van der Waals surface area contributed by atoms with Gasteiger partial charge in [-0.05, 0) is 61.6 Å². The number of anilines is 1. The summed E-state index contributed by atoms with van der Waals surface area (Å²) in [4.78, 5) is 19.6. The second kappa shape index (κ2) is 10.8. The van der Waals surface area contributed by atoms with Crippen LogP contribution in [0.4, 0.5) is 5.69 Å². The number of para-hydroxylation sites is 2. The summed E-state index contributed by atoms with van der Waals surface area (Å²) in [6, 6.07) is 22.5. The van der Waals surface area contributed by atoms with Crippen molar-refractivity contribution in [2.75, 3.05) is 4.31 Å². The Morgan fingerprint density at radius 1 is 0.950 bits per heavy atom. The number of aromatic amines is 2. The molecular weight excluding hydrogens is 524 g/mol. The first-order valence-electron chi connectivity index (χ1n) is 13.3. The molecular formula is C31H34N4O4S. The monoisotopic (exact) mass is 558 g/mol. The van der Waals surface area contributed by atoms with Crippen LogP contribution in [0.25, 0.3) is 21.8 Å². The Morgan fingerprint density at radius 2 is 1.55 bits per heavy atom. The van der Waals surface area contributed by atoms with Crippen molar-refractivity contribution < 1.29 is 17.4 Å². The second-order valence-corrected chi connectivity index (χ2v) is 11.9. The third-order valence-corrected chi connectivity index (χ3v) is 8.82. The third-order valence-electron chi connectivity index (χ3n) is 7.34. The molecule has 8 nitrogen and oxygen atoms in total. The second-order valence-electron chi connectivity index (χ2n) is 10.5. The molecule has 9 heteroatoms. The molecule has 4 N–H and O–H groups in total. The molecule has 0 bridgehead atoms. The van der Waals surface area contributed by atoms with Gasteiger partial charge in [-0.2, -0.15) is 8.42 Å². The lowest BCUT2D eigenvalue weighted by molar-refractivity contribution is -0.134. The molecule has 0 radical (unpaired) electrons. The molecule has 2 heterocycles. The quantitative estimate of drug-likeness (QED) is 0.180. The number of benzene rings is 3. The number of H-pyrrole nitrogens is 2. The molecule has 0 aliphatic rings. The maximum Gasteiger partial charge on any atom is 0.414 e. The van der Waals surface area contributed by atoms with Crippen LogP contribution in [0.1, 0.15) is 49.3 Å². The van der Waals surface area contributed by atoms with E-state index >= 15 is 0 Å². The summed E-state index contributed by atoms with van der Waals surface area (Å²) in [5.74, 6) is -1.06. The van der Waals surface area contributed by atoms with Crippen LogP contribution in [0.2, 0.25) is 0 Å². The molecule has 0 saturated heterocycles. The van der Waals surface area contributed by atoms with Gasteiger partial charge in [0.25, 0.3) is 0 Å². The van der Waals surface area contributed by atoms with Crippen LogP contribution < -0.4 is 10.0 Å². The third kappa shape index (κ3) is 5.48. The van der Waals surface area contributed by atoms with Gasteiger partial charge in [-0.3, -0.25) is 4.79 Å². The van der Waals surface area contributed by atoms with Crippen LogP contribution in [-0.2, 0) is 25.7 Å². The minimum Gasteiger partial charge on any atom is -0.361 e. The van der Waals surface area contributed by atoms with E-state index in [1.807, 2.05) is 74.8 Å². The zero-order chi connectivity index (χ0) is 28.5. The fraction of sp³-hybridized carbons (Fsp3) is 0.258. The maximum atomic E-state index is 13.8. The van der Waals surface area contributed by atoms with Crippen LogP contribution in [-0.4, -0.2) is 30.0 Å². The van der Waals surface area contributed by atoms with Crippen molar-refractivity contribution in [2.45, 2.75) is 51.6 Å². The zero-order valence-corrected chi connectivity index (χ0v) is 23.7. The Morgan fingerprint density at radius 3 is 2.23 bits per heavy atom. The molecule has 0 saturated carbocycles. The summed E-state index contributed by atoms with van der Waals surface area (Å²) >= 11 is 0. The zero-order valence-electron chi connectivity index (χ0n) is 22.8. The first-order chi connectivity index (χ1) is 19.1. The van der Waals surface area contributed by atoms with E-state index < -0.39 is 21.9 Å². The van der Waals surface area contributed by atoms with Gasteiger partial charge in [-0.1, -0.05) is 61.0 Å². The summed E-state index contributed by atoms with van der Waals surface area (Å²) in [5, 5.41) is 1.95. The Hall–Kier alpha value is -4.08. The average Bonchev–Trinajstić information content (AvgIpc) is 3.52. The molecule has 0 aliphatic carbocycles. The van der Waals surface area contributed by atoms with Gasteiger partial charge in [0.2, 0.25) is 0 Å². The number of hydrogen-bond acceptors (Lipinski definition) is 5. The van der Waals surface area contributed by atoms with Gasteiger partial charge >= 0.3 is 16.3 Å². The first kappa shape index (κ1) is 27.5. The number of nitrogens with zero attached hydrogens (tertiary/aromatic N) is 1. The van der Waals surface area contributed by atoms with Crippen LogP contribution in [0.3, 0.4) is 0 Å². The van der Waals surface area contributed by atoms with E-state index in [0.29, 0.717) is 12.1 Å². The van der Waals surface area contributed by atoms with Crippen molar-refractivity contribution in [3.63, 3.8) is 0 Å². The van der Waals surface area contributed by atoms with Gasteiger partial charge in [0, 0.05) is 40.6 Å². The number of aryl methyl sites for hydroxylation is 1. The summed E-state index contributed by atoms with van der Waals surface area (Å²) < 4.78 is 33.9. The number of aromatic nitrogens is 2. The number of hydrogen-bond donors (Lipinski definition) is 3. The normalized spacial score (nSPS) is 14.2. The highest BCUT2D eigenvalue weighted by Gasteiger charge is 2.40. The molecule has 0 fully saturated rings. The summed E-state index contributed by atoms with van der Waals surface area (Å²) in [5.41, 5.74) is 10.3. The fourth-order valence-electron chi connectivity index (χ4n) is 5.39. The number of carbonyl (C=O) groups excluding carboxylic acids is 1. The number of rotatable bonds is 10. The van der Waals surface area contributed by atoms with Crippen molar-refractivity contribution in [1.29, 1.82) is 0 Å². The Balaban J connectivity index is 1.44. The van der Waals surface area contributed by atoms with Crippen molar-refractivity contribution in [3.8, 4) is 0 Å². The van der Waals surface area contributed by atoms with Crippen molar-refractivity contribution in [1.82, 2.24) is 9.97 Å². The summed E-state index contributed by atoms with van der Waals surface area (Å²) in [7, 11) is -4.63. The molecule has 3 aromatic carbocycles. The lowest BCUT2D eigenvalue weighted by Crippen LogP contribution is -2.58. The van der Waals surface area contributed by atoms with Crippen LogP contribution >= 0.6 is 0 Å². The Labute approximate surface area is 234 Å². The van der Waals surface area contributed by atoms with E-state index in [2.05, 4.69) is 9.97 Å². The first-order valence-corrected chi connectivity index (χ1v) is 14.7. The molecule has 5 aromatic rings. The van der Waals surface area contributed by atoms with E-state index in [4.69, 9.17) is 9.92 Å². The van der Waals surface area contributed by atoms with Gasteiger partial charge in [-0.25, -0.2) is 4.31 Å². The van der Waals surface area contributed by atoms with E-state index in [1.54, 1.807) is 31.2 Å². The van der Waals surface area contributed by atoms with Crippen LogP contribution in [0.5, 0.6) is 0 Å². The number of carbonyl (C=O) groups is 1. The minimum atomic E-state index is -4.63. The number of nitrogens with two attached hydrogens (primary N) is 1. The van der Waals surface area contributed by atoms with Gasteiger partial charge in [-0.15, -0.1) is 0 Å². The molecule has 2 atom stereocenters. The van der Waals surface area contributed by atoms with E-state index in [1.165, 1.54) is 0 Å². The maximum absolute atomic E-state index is 13.8. The predicted octanol–water partition coefficient (Wildman–Crippen LogP) is 6.05. The van der Waals surface area contributed by atoms with Crippen molar-refractivity contribution >= 4 is 43.8 Å². The fourth-order valence-corrected chi connectivity index (χ4v) is 6.72. The molecule has 0 aliphatic heterocycles.